The molecule has 1 saturated heterocycles. The van der Waals surface area contributed by atoms with Crippen LogP contribution >= 0.6 is 11.3 Å². The number of nitrogens with one attached hydrogen (secondary N) is 1. The van der Waals surface area contributed by atoms with Gasteiger partial charge < -0.3 is 10.2 Å². The predicted octanol–water partition coefficient (Wildman–Crippen LogP) is 4.13. The molecule has 1 aromatic heterocycles. The number of benzene rings is 1. The lowest BCUT2D eigenvalue weighted by molar-refractivity contribution is -0.127. The molecule has 2 heterocycles. The molecular formula is C22H29N3O2S. The Bertz CT molecular complexity index is 824. The molecule has 1 N–H and O–H groups in total. The number of hydrogen-bond donors (Lipinski definition) is 1. The minimum atomic E-state index is -0.00677. The van der Waals surface area contributed by atoms with Crippen molar-refractivity contribution in [2.75, 3.05) is 13.1 Å². The molecule has 0 spiro atoms. The van der Waals surface area contributed by atoms with E-state index in [9.17, 15) is 9.59 Å². The first kappa shape index (κ1) is 20.5. The third-order valence-corrected chi connectivity index (χ3v) is 6.73. The van der Waals surface area contributed by atoms with Gasteiger partial charge in [0.15, 0.2) is 0 Å². The maximum absolute atomic E-state index is 13.0. The van der Waals surface area contributed by atoms with Gasteiger partial charge in [-0.05, 0) is 32.6 Å². The molecule has 5 nitrogen and oxygen atoms in total. The van der Waals surface area contributed by atoms with E-state index >= 15 is 0 Å². The highest BCUT2D eigenvalue weighted by molar-refractivity contribution is 7.17. The van der Waals surface area contributed by atoms with Gasteiger partial charge in [0, 0.05) is 30.6 Å². The fourth-order valence-electron chi connectivity index (χ4n) is 3.30. The summed E-state index contributed by atoms with van der Waals surface area (Å²) in [6.45, 7) is 9.37. The number of rotatable bonds is 5. The molecule has 3 rings (SSSR count). The third-order valence-electron chi connectivity index (χ3n) is 5.53. The van der Waals surface area contributed by atoms with Gasteiger partial charge in [-0.15, -0.1) is 11.3 Å². The molecule has 0 saturated carbocycles. The molecule has 1 atom stereocenters. The SMILES string of the molecule is Cc1nc(-c2ccccc2)sc1C(=O)N1CCC(C(=O)NC(C)C(C)C)CC1. The van der Waals surface area contributed by atoms with Crippen LogP contribution in [0.2, 0.25) is 0 Å². The van der Waals surface area contributed by atoms with Gasteiger partial charge in [0.2, 0.25) is 5.91 Å². The minimum Gasteiger partial charge on any atom is -0.353 e. The summed E-state index contributed by atoms with van der Waals surface area (Å²) in [6.07, 6.45) is 1.43. The van der Waals surface area contributed by atoms with E-state index in [1.165, 1.54) is 11.3 Å². The van der Waals surface area contributed by atoms with E-state index in [-0.39, 0.29) is 23.8 Å². The van der Waals surface area contributed by atoms with E-state index in [0.29, 0.717) is 36.7 Å². The molecular weight excluding hydrogens is 370 g/mol. The first-order chi connectivity index (χ1) is 13.4. The lowest BCUT2D eigenvalue weighted by Gasteiger charge is -2.32. The molecule has 1 fully saturated rings. The Balaban J connectivity index is 1.61. The number of likely N-dealkylation sites (tertiary alicyclic amines) is 1. The monoisotopic (exact) mass is 399 g/mol. The lowest BCUT2D eigenvalue weighted by atomic mass is 9.94. The average Bonchev–Trinajstić information content (AvgIpc) is 3.09. The van der Waals surface area contributed by atoms with Gasteiger partial charge >= 0.3 is 0 Å². The van der Waals surface area contributed by atoms with Crippen LogP contribution in [0.1, 0.15) is 49.0 Å². The third kappa shape index (κ3) is 4.61. The summed E-state index contributed by atoms with van der Waals surface area (Å²) >= 11 is 1.45. The van der Waals surface area contributed by atoms with Crippen LogP contribution in [-0.4, -0.2) is 40.8 Å². The number of aromatic nitrogens is 1. The summed E-state index contributed by atoms with van der Waals surface area (Å²) in [4.78, 5) is 32.6. The largest absolute Gasteiger partial charge is 0.353 e. The number of carbonyl (C=O) groups is 2. The van der Waals surface area contributed by atoms with Gasteiger partial charge in [0.1, 0.15) is 9.88 Å². The van der Waals surface area contributed by atoms with Crippen molar-refractivity contribution in [2.24, 2.45) is 11.8 Å². The summed E-state index contributed by atoms with van der Waals surface area (Å²) < 4.78 is 0. The molecule has 150 valence electrons. The number of aryl methyl sites for hydroxylation is 1. The summed E-state index contributed by atoms with van der Waals surface area (Å²) in [7, 11) is 0. The van der Waals surface area contributed by atoms with Crippen LogP contribution in [0.5, 0.6) is 0 Å². The van der Waals surface area contributed by atoms with Gasteiger partial charge in [0.25, 0.3) is 5.91 Å². The lowest BCUT2D eigenvalue weighted by Crippen LogP contribution is -2.45. The van der Waals surface area contributed by atoms with Gasteiger partial charge in [-0.1, -0.05) is 44.2 Å². The second-order valence-corrected chi connectivity index (χ2v) is 8.91. The molecule has 1 aliphatic rings. The Kier molecular flexibility index (Phi) is 6.50. The topological polar surface area (TPSA) is 62.3 Å². The van der Waals surface area contributed by atoms with E-state index in [4.69, 9.17) is 0 Å². The van der Waals surface area contributed by atoms with E-state index < -0.39 is 0 Å². The highest BCUT2D eigenvalue weighted by Crippen LogP contribution is 2.30. The molecule has 1 aliphatic heterocycles. The van der Waals surface area contributed by atoms with Crippen molar-refractivity contribution in [2.45, 2.75) is 46.6 Å². The normalized spacial score (nSPS) is 16.2. The molecule has 0 bridgehead atoms. The number of thiazole rings is 1. The zero-order valence-corrected chi connectivity index (χ0v) is 17.9. The standard InChI is InChI=1S/C22H29N3O2S/c1-14(2)15(3)23-20(26)17-10-12-25(13-11-17)22(27)19-16(4)24-21(28-19)18-8-6-5-7-9-18/h5-9,14-15,17H,10-13H2,1-4H3,(H,23,26). The number of hydrogen-bond acceptors (Lipinski definition) is 4. The van der Waals surface area contributed by atoms with Crippen molar-refractivity contribution >= 4 is 23.2 Å². The number of carbonyl (C=O) groups excluding carboxylic acids is 2. The Hall–Kier alpha value is -2.21. The fourth-order valence-corrected chi connectivity index (χ4v) is 4.34. The van der Waals surface area contributed by atoms with E-state index in [1.54, 1.807) is 0 Å². The molecule has 2 aromatic rings. The maximum atomic E-state index is 13.0. The van der Waals surface area contributed by atoms with Crippen LogP contribution in [0.15, 0.2) is 30.3 Å². The van der Waals surface area contributed by atoms with Crippen LogP contribution in [0.25, 0.3) is 10.6 Å². The smallest absolute Gasteiger partial charge is 0.265 e. The first-order valence-electron chi connectivity index (χ1n) is 9.99. The van der Waals surface area contributed by atoms with Crippen LogP contribution in [-0.2, 0) is 4.79 Å². The number of nitrogens with zero attached hydrogens (tertiary/aromatic N) is 2. The van der Waals surface area contributed by atoms with Crippen molar-refractivity contribution in [1.29, 1.82) is 0 Å². The summed E-state index contributed by atoms with van der Waals surface area (Å²) in [5.74, 6) is 0.562. The Morgan fingerprint density at radius 3 is 2.39 bits per heavy atom. The molecule has 1 aromatic carbocycles. The Morgan fingerprint density at radius 1 is 1.14 bits per heavy atom. The van der Waals surface area contributed by atoms with Crippen molar-refractivity contribution in [3.8, 4) is 10.6 Å². The second-order valence-electron chi connectivity index (χ2n) is 7.91. The Labute approximate surface area is 171 Å². The van der Waals surface area contributed by atoms with Crippen molar-refractivity contribution < 1.29 is 9.59 Å². The number of amides is 2. The molecule has 2 amide bonds. The summed E-state index contributed by atoms with van der Waals surface area (Å²) in [6, 6.07) is 10.1. The van der Waals surface area contributed by atoms with Crippen LogP contribution in [0, 0.1) is 18.8 Å². The van der Waals surface area contributed by atoms with Crippen molar-refractivity contribution in [3.05, 3.63) is 40.9 Å². The van der Waals surface area contributed by atoms with Crippen LogP contribution in [0.3, 0.4) is 0 Å². The summed E-state index contributed by atoms with van der Waals surface area (Å²) in [5, 5.41) is 3.98. The first-order valence-corrected chi connectivity index (χ1v) is 10.8. The minimum absolute atomic E-state index is 0.00677. The molecule has 1 unspecified atom stereocenters. The van der Waals surface area contributed by atoms with E-state index in [0.717, 1.165) is 16.3 Å². The van der Waals surface area contributed by atoms with Crippen LogP contribution in [0.4, 0.5) is 0 Å². The number of piperidine rings is 1. The highest BCUT2D eigenvalue weighted by atomic mass is 32.1. The van der Waals surface area contributed by atoms with E-state index in [2.05, 4.69) is 24.1 Å². The van der Waals surface area contributed by atoms with E-state index in [1.807, 2.05) is 49.1 Å². The molecule has 28 heavy (non-hydrogen) atoms. The van der Waals surface area contributed by atoms with Crippen molar-refractivity contribution in [3.63, 3.8) is 0 Å². The zero-order chi connectivity index (χ0) is 20.3. The second kappa shape index (κ2) is 8.86. The van der Waals surface area contributed by atoms with Crippen LogP contribution < -0.4 is 5.32 Å². The quantitative estimate of drug-likeness (QED) is 0.822. The zero-order valence-electron chi connectivity index (χ0n) is 17.1. The van der Waals surface area contributed by atoms with Gasteiger partial charge in [-0.25, -0.2) is 4.98 Å². The fraction of sp³-hybridized carbons (Fsp3) is 0.500. The summed E-state index contributed by atoms with van der Waals surface area (Å²) in [5.41, 5.74) is 1.81. The Morgan fingerprint density at radius 2 is 1.79 bits per heavy atom. The maximum Gasteiger partial charge on any atom is 0.265 e. The highest BCUT2D eigenvalue weighted by Gasteiger charge is 2.30. The van der Waals surface area contributed by atoms with Gasteiger partial charge in [0.05, 0.1) is 5.69 Å². The van der Waals surface area contributed by atoms with Gasteiger partial charge in [-0.3, -0.25) is 9.59 Å². The predicted molar refractivity (Wildman–Crippen MR) is 113 cm³/mol. The molecule has 6 heteroatoms. The average molecular weight is 400 g/mol. The molecule has 0 radical (unpaired) electrons. The van der Waals surface area contributed by atoms with Crippen molar-refractivity contribution in [1.82, 2.24) is 15.2 Å². The van der Waals surface area contributed by atoms with Gasteiger partial charge in [-0.2, -0.15) is 0 Å². The molecule has 0 aliphatic carbocycles.